The van der Waals surface area contributed by atoms with Gasteiger partial charge in [-0.15, -0.1) is 0 Å². The molecule has 5 heteroatoms. The second-order valence-electron chi connectivity index (χ2n) is 7.96. The number of aryl methyl sites for hydroxylation is 1. The SMILES string of the molecule is Cc1ccccc1NC(=O)c1ccc(N2C(=O)[C@H]3CC[C@H](C)C[C@@H]3C2=O)cc1. The third-order valence-electron chi connectivity index (χ3n) is 5.97. The molecular formula is C23H24N2O3. The van der Waals surface area contributed by atoms with E-state index in [4.69, 9.17) is 0 Å². The number of fused-ring (bicyclic) bond motifs is 1. The number of carbonyl (C=O) groups is 3. The average molecular weight is 376 g/mol. The van der Waals surface area contributed by atoms with E-state index >= 15 is 0 Å². The van der Waals surface area contributed by atoms with Gasteiger partial charge in [-0.25, -0.2) is 0 Å². The summed E-state index contributed by atoms with van der Waals surface area (Å²) in [6.45, 7) is 4.07. The molecule has 0 aromatic heterocycles. The molecular weight excluding hydrogens is 352 g/mol. The van der Waals surface area contributed by atoms with Gasteiger partial charge in [-0.1, -0.05) is 25.1 Å². The van der Waals surface area contributed by atoms with Gasteiger partial charge >= 0.3 is 0 Å². The van der Waals surface area contributed by atoms with Crippen LogP contribution in [0.5, 0.6) is 0 Å². The quantitative estimate of drug-likeness (QED) is 0.818. The van der Waals surface area contributed by atoms with Crippen LogP contribution < -0.4 is 10.2 Å². The van der Waals surface area contributed by atoms with E-state index in [0.29, 0.717) is 17.2 Å². The normalized spacial score (nSPS) is 24.2. The van der Waals surface area contributed by atoms with E-state index in [1.165, 1.54) is 4.90 Å². The Kier molecular flexibility index (Phi) is 4.75. The van der Waals surface area contributed by atoms with Crippen molar-refractivity contribution in [2.45, 2.75) is 33.1 Å². The van der Waals surface area contributed by atoms with Gasteiger partial charge in [0.2, 0.25) is 11.8 Å². The molecule has 4 rings (SSSR count). The molecule has 1 saturated heterocycles. The standard InChI is InChI=1S/C23H24N2O3/c1-14-7-12-18-19(13-14)23(28)25(22(18)27)17-10-8-16(9-11-17)21(26)24-20-6-4-3-5-15(20)2/h3-6,8-11,14,18-19H,7,12-13H2,1-2H3,(H,24,26)/t14-,18-,19-/m0/s1. The minimum Gasteiger partial charge on any atom is -0.322 e. The minimum absolute atomic E-state index is 0.0981. The summed E-state index contributed by atoms with van der Waals surface area (Å²) in [6.07, 6.45) is 2.55. The van der Waals surface area contributed by atoms with E-state index in [1.807, 2.05) is 31.2 Å². The second kappa shape index (κ2) is 7.23. The number of hydrogen-bond donors (Lipinski definition) is 1. The van der Waals surface area contributed by atoms with Crippen LogP contribution in [-0.4, -0.2) is 17.7 Å². The molecule has 3 atom stereocenters. The lowest BCUT2D eigenvalue weighted by Crippen LogP contribution is -2.30. The van der Waals surface area contributed by atoms with Crippen molar-refractivity contribution < 1.29 is 14.4 Å². The zero-order valence-electron chi connectivity index (χ0n) is 16.1. The summed E-state index contributed by atoms with van der Waals surface area (Å²) < 4.78 is 0. The van der Waals surface area contributed by atoms with Gasteiger partial charge < -0.3 is 5.32 Å². The number of anilines is 2. The van der Waals surface area contributed by atoms with Crippen LogP contribution >= 0.6 is 0 Å². The summed E-state index contributed by atoms with van der Waals surface area (Å²) in [7, 11) is 0. The first-order valence-electron chi connectivity index (χ1n) is 9.80. The van der Waals surface area contributed by atoms with Gasteiger partial charge in [0.1, 0.15) is 0 Å². The number of hydrogen-bond acceptors (Lipinski definition) is 3. The van der Waals surface area contributed by atoms with Gasteiger partial charge in [0.15, 0.2) is 0 Å². The molecule has 0 bridgehead atoms. The third-order valence-corrected chi connectivity index (χ3v) is 5.97. The fraction of sp³-hybridized carbons (Fsp3) is 0.348. The molecule has 28 heavy (non-hydrogen) atoms. The van der Waals surface area contributed by atoms with Crippen LogP contribution in [0.2, 0.25) is 0 Å². The molecule has 144 valence electrons. The van der Waals surface area contributed by atoms with Crippen molar-refractivity contribution in [3.63, 3.8) is 0 Å². The molecule has 2 fully saturated rings. The first-order valence-corrected chi connectivity index (χ1v) is 9.80. The zero-order valence-corrected chi connectivity index (χ0v) is 16.1. The van der Waals surface area contributed by atoms with E-state index in [0.717, 1.165) is 30.5 Å². The van der Waals surface area contributed by atoms with Gasteiger partial charge in [0, 0.05) is 11.3 Å². The maximum absolute atomic E-state index is 12.8. The summed E-state index contributed by atoms with van der Waals surface area (Å²) in [6, 6.07) is 14.3. The van der Waals surface area contributed by atoms with Crippen molar-refractivity contribution in [2.24, 2.45) is 17.8 Å². The van der Waals surface area contributed by atoms with Crippen molar-refractivity contribution in [3.8, 4) is 0 Å². The molecule has 1 aliphatic heterocycles. The molecule has 0 spiro atoms. The van der Waals surface area contributed by atoms with Crippen molar-refractivity contribution in [1.29, 1.82) is 0 Å². The van der Waals surface area contributed by atoms with Crippen molar-refractivity contribution in [1.82, 2.24) is 0 Å². The maximum Gasteiger partial charge on any atom is 0.255 e. The van der Waals surface area contributed by atoms with Crippen LogP contribution in [-0.2, 0) is 9.59 Å². The molecule has 1 aliphatic carbocycles. The van der Waals surface area contributed by atoms with Crippen molar-refractivity contribution in [3.05, 3.63) is 59.7 Å². The molecule has 2 aromatic carbocycles. The molecule has 0 unspecified atom stereocenters. The average Bonchev–Trinajstić information content (AvgIpc) is 2.93. The first kappa shape index (κ1) is 18.4. The highest BCUT2D eigenvalue weighted by Gasteiger charge is 2.49. The Morgan fingerprint density at radius 2 is 1.64 bits per heavy atom. The predicted octanol–water partition coefficient (Wildman–Crippen LogP) is 4.17. The number of imide groups is 1. The zero-order chi connectivity index (χ0) is 19.8. The van der Waals surface area contributed by atoms with Crippen molar-refractivity contribution in [2.75, 3.05) is 10.2 Å². The Morgan fingerprint density at radius 3 is 2.36 bits per heavy atom. The van der Waals surface area contributed by atoms with Crippen LogP contribution in [0.15, 0.2) is 48.5 Å². The number of nitrogens with one attached hydrogen (secondary N) is 1. The Hall–Kier alpha value is -2.95. The van der Waals surface area contributed by atoms with Crippen LogP contribution in [0.3, 0.4) is 0 Å². The van der Waals surface area contributed by atoms with E-state index in [2.05, 4.69) is 12.2 Å². The van der Waals surface area contributed by atoms with Crippen LogP contribution in [0.4, 0.5) is 11.4 Å². The molecule has 5 nitrogen and oxygen atoms in total. The second-order valence-corrected chi connectivity index (χ2v) is 7.96. The lowest BCUT2D eigenvalue weighted by molar-refractivity contribution is -0.122. The van der Waals surface area contributed by atoms with Crippen molar-refractivity contribution >= 4 is 29.1 Å². The molecule has 1 saturated carbocycles. The Balaban J connectivity index is 1.52. The monoisotopic (exact) mass is 376 g/mol. The Bertz CT molecular complexity index is 935. The van der Waals surface area contributed by atoms with Gasteiger partial charge in [0.05, 0.1) is 17.5 Å². The summed E-state index contributed by atoms with van der Waals surface area (Å²) >= 11 is 0. The van der Waals surface area contributed by atoms with Crippen LogP contribution in [0.25, 0.3) is 0 Å². The minimum atomic E-state index is -0.220. The lowest BCUT2D eigenvalue weighted by Gasteiger charge is -2.25. The van der Waals surface area contributed by atoms with Crippen LogP contribution in [0, 0.1) is 24.7 Å². The molecule has 0 radical (unpaired) electrons. The predicted molar refractivity (Wildman–Crippen MR) is 108 cm³/mol. The Morgan fingerprint density at radius 1 is 0.964 bits per heavy atom. The fourth-order valence-corrected chi connectivity index (χ4v) is 4.31. The summed E-state index contributed by atoms with van der Waals surface area (Å²) in [5, 5.41) is 2.89. The third kappa shape index (κ3) is 3.21. The topological polar surface area (TPSA) is 66.5 Å². The number of benzene rings is 2. The van der Waals surface area contributed by atoms with Gasteiger partial charge in [-0.2, -0.15) is 0 Å². The number of carbonyl (C=O) groups excluding carboxylic acids is 3. The van der Waals surface area contributed by atoms with Gasteiger partial charge in [-0.05, 0) is 68.0 Å². The van der Waals surface area contributed by atoms with E-state index in [-0.39, 0.29) is 29.6 Å². The summed E-state index contributed by atoms with van der Waals surface area (Å²) in [4.78, 5) is 39.4. The number of para-hydroxylation sites is 1. The molecule has 3 amide bonds. The molecule has 2 aliphatic rings. The Labute approximate surface area is 164 Å². The summed E-state index contributed by atoms with van der Waals surface area (Å²) in [5.41, 5.74) is 2.78. The largest absolute Gasteiger partial charge is 0.322 e. The molecule has 1 N–H and O–H groups in total. The number of rotatable bonds is 3. The van der Waals surface area contributed by atoms with Gasteiger partial charge in [0.25, 0.3) is 5.91 Å². The fourth-order valence-electron chi connectivity index (χ4n) is 4.31. The highest BCUT2D eigenvalue weighted by Crippen LogP contribution is 2.42. The molecule has 2 aromatic rings. The highest BCUT2D eigenvalue weighted by atomic mass is 16.2. The number of amides is 3. The lowest BCUT2D eigenvalue weighted by atomic mass is 9.76. The van der Waals surface area contributed by atoms with Crippen LogP contribution in [0.1, 0.15) is 42.1 Å². The number of nitrogens with zero attached hydrogens (tertiary/aromatic N) is 1. The smallest absolute Gasteiger partial charge is 0.255 e. The first-order chi connectivity index (χ1) is 13.5. The van der Waals surface area contributed by atoms with Gasteiger partial charge in [-0.3, -0.25) is 19.3 Å². The van der Waals surface area contributed by atoms with E-state index in [9.17, 15) is 14.4 Å². The summed E-state index contributed by atoms with van der Waals surface area (Å²) in [5.74, 6) is -0.321. The highest BCUT2D eigenvalue weighted by molar-refractivity contribution is 6.22. The maximum atomic E-state index is 12.8. The molecule has 1 heterocycles. The van der Waals surface area contributed by atoms with E-state index < -0.39 is 0 Å². The van der Waals surface area contributed by atoms with E-state index in [1.54, 1.807) is 24.3 Å².